The SMILES string of the molecule is Cc1ccc(C(N)=S)c(N2CCc3ccccc32)c1. The molecule has 3 rings (SSSR count). The minimum atomic E-state index is 0.458. The summed E-state index contributed by atoms with van der Waals surface area (Å²) in [4.78, 5) is 2.77. The van der Waals surface area contributed by atoms with Gasteiger partial charge in [0.2, 0.25) is 0 Å². The van der Waals surface area contributed by atoms with E-state index >= 15 is 0 Å². The van der Waals surface area contributed by atoms with E-state index in [0.29, 0.717) is 4.99 Å². The van der Waals surface area contributed by atoms with E-state index in [1.807, 2.05) is 6.07 Å². The van der Waals surface area contributed by atoms with Crippen LogP contribution in [0.4, 0.5) is 11.4 Å². The van der Waals surface area contributed by atoms with Gasteiger partial charge in [0.1, 0.15) is 4.99 Å². The number of fused-ring (bicyclic) bond motifs is 1. The molecule has 1 aliphatic heterocycles. The third-order valence-electron chi connectivity index (χ3n) is 3.60. The van der Waals surface area contributed by atoms with Crippen LogP contribution in [-0.4, -0.2) is 11.5 Å². The molecule has 0 atom stereocenters. The van der Waals surface area contributed by atoms with Crippen molar-refractivity contribution >= 4 is 28.6 Å². The molecule has 0 radical (unpaired) electrons. The number of nitrogens with two attached hydrogens (primary N) is 1. The van der Waals surface area contributed by atoms with Crippen molar-refractivity contribution in [2.24, 2.45) is 5.73 Å². The van der Waals surface area contributed by atoms with Crippen LogP contribution in [0.2, 0.25) is 0 Å². The largest absolute Gasteiger partial charge is 0.389 e. The topological polar surface area (TPSA) is 29.3 Å². The third kappa shape index (κ3) is 2.10. The van der Waals surface area contributed by atoms with Crippen LogP contribution in [-0.2, 0) is 6.42 Å². The summed E-state index contributed by atoms with van der Waals surface area (Å²) in [6, 6.07) is 14.8. The lowest BCUT2D eigenvalue weighted by Crippen LogP contribution is -2.19. The van der Waals surface area contributed by atoms with Crippen molar-refractivity contribution in [3.63, 3.8) is 0 Å². The van der Waals surface area contributed by atoms with Crippen LogP contribution >= 0.6 is 12.2 Å². The van der Waals surface area contributed by atoms with Gasteiger partial charge in [-0.15, -0.1) is 0 Å². The van der Waals surface area contributed by atoms with E-state index in [1.54, 1.807) is 0 Å². The van der Waals surface area contributed by atoms with Gasteiger partial charge in [0.15, 0.2) is 0 Å². The Morgan fingerprint density at radius 2 is 1.95 bits per heavy atom. The molecule has 19 heavy (non-hydrogen) atoms. The Morgan fingerprint density at radius 3 is 2.74 bits per heavy atom. The quantitative estimate of drug-likeness (QED) is 0.847. The first-order valence-corrected chi connectivity index (χ1v) is 6.83. The molecular formula is C16H16N2S. The van der Waals surface area contributed by atoms with Gasteiger partial charge in [-0.3, -0.25) is 0 Å². The van der Waals surface area contributed by atoms with Gasteiger partial charge in [-0.05, 0) is 42.7 Å². The molecular weight excluding hydrogens is 252 g/mol. The van der Waals surface area contributed by atoms with Crippen molar-refractivity contribution in [1.29, 1.82) is 0 Å². The van der Waals surface area contributed by atoms with Crippen LogP contribution in [0, 0.1) is 6.92 Å². The Bertz CT molecular complexity index is 649. The zero-order valence-corrected chi connectivity index (χ0v) is 11.7. The van der Waals surface area contributed by atoms with Crippen LogP contribution in [0.15, 0.2) is 42.5 Å². The fourth-order valence-corrected chi connectivity index (χ4v) is 2.83. The predicted molar refractivity (Wildman–Crippen MR) is 84.2 cm³/mol. The highest BCUT2D eigenvalue weighted by Crippen LogP contribution is 2.36. The van der Waals surface area contributed by atoms with Gasteiger partial charge in [0.25, 0.3) is 0 Å². The number of hydrogen-bond donors (Lipinski definition) is 1. The first kappa shape index (κ1) is 12.2. The number of hydrogen-bond acceptors (Lipinski definition) is 2. The second-order valence-corrected chi connectivity index (χ2v) is 5.36. The number of benzene rings is 2. The summed E-state index contributed by atoms with van der Waals surface area (Å²) in [6.07, 6.45) is 1.07. The average Bonchev–Trinajstić information content (AvgIpc) is 2.82. The van der Waals surface area contributed by atoms with Crippen molar-refractivity contribution < 1.29 is 0 Å². The monoisotopic (exact) mass is 268 g/mol. The Morgan fingerprint density at radius 1 is 1.16 bits per heavy atom. The molecule has 0 aromatic heterocycles. The molecule has 0 bridgehead atoms. The standard InChI is InChI=1S/C16H16N2S/c1-11-6-7-13(16(17)19)15(10-11)18-9-8-12-4-2-3-5-14(12)18/h2-7,10H,8-9H2,1H3,(H2,17,19). The predicted octanol–water partition coefficient (Wildman–Crippen LogP) is 3.32. The smallest absolute Gasteiger partial charge is 0.106 e. The van der Waals surface area contributed by atoms with E-state index in [9.17, 15) is 0 Å². The summed E-state index contributed by atoms with van der Waals surface area (Å²) in [7, 11) is 0. The molecule has 0 saturated carbocycles. The summed E-state index contributed by atoms with van der Waals surface area (Å²) >= 11 is 5.18. The fourth-order valence-electron chi connectivity index (χ4n) is 2.66. The number of anilines is 2. The second-order valence-electron chi connectivity index (χ2n) is 4.92. The van der Waals surface area contributed by atoms with Gasteiger partial charge in [-0.25, -0.2) is 0 Å². The van der Waals surface area contributed by atoms with E-state index < -0.39 is 0 Å². The maximum atomic E-state index is 5.86. The first-order valence-electron chi connectivity index (χ1n) is 6.43. The highest BCUT2D eigenvalue weighted by atomic mass is 32.1. The van der Waals surface area contributed by atoms with Crippen molar-refractivity contribution in [3.8, 4) is 0 Å². The van der Waals surface area contributed by atoms with E-state index in [2.05, 4.69) is 48.2 Å². The molecule has 3 heteroatoms. The number of thiocarbonyl (C=S) groups is 1. The molecule has 1 heterocycles. The van der Waals surface area contributed by atoms with Gasteiger partial charge in [0.05, 0.1) is 5.69 Å². The first-order chi connectivity index (χ1) is 9.16. The van der Waals surface area contributed by atoms with Gasteiger partial charge < -0.3 is 10.6 Å². The molecule has 2 N–H and O–H groups in total. The van der Waals surface area contributed by atoms with E-state index in [1.165, 1.54) is 16.8 Å². The second kappa shape index (κ2) is 4.67. The molecule has 0 aliphatic carbocycles. The Kier molecular flexibility index (Phi) is 2.99. The zero-order valence-electron chi connectivity index (χ0n) is 10.9. The minimum Gasteiger partial charge on any atom is -0.389 e. The molecule has 0 amide bonds. The summed E-state index contributed by atoms with van der Waals surface area (Å²) in [5.74, 6) is 0. The highest BCUT2D eigenvalue weighted by molar-refractivity contribution is 7.80. The molecule has 0 saturated heterocycles. The molecule has 0 unspecified atom stereocenters. The zero-order chi connectivity index (χ0) is 13.4. The average molecular weight is 268 g/mol. The maximum Gasteiger partial charge on any atom is 0.106 e. The Labute approximate surface area is 118 Å². The minimum absolute atomic E-state index is 0.458. The number of rotatable bonds is 2. The van der Waals surface area contributed by atoms with Gasteiger partial charge in [-0.1, -0.05) is 36.5 Å². The lowest BCUT2D eigenvalue weighted by molar-refractivity contribution is 0.996. The van der Waals surface area contributed by atoms with Crippen LogP contribution < -0.4 is 10.6 Å². The fraction of sp³-hybridized carbons (Fsp3) is 0.188. The molecule has 0 fully saturated rings. The van der Waals surface area contributed by atoms with Crippen LogP contribution in [0.3, 0.4) is 0 Å². The normalized spacial score (nSPS) is 13.4. The summed E-state index contributed by atoms with van der Waals surface area (Å²) in [5, 5.41) is 0. The van der Waals surface area contributed by atoms with Crippen LogP contribution in [0.1, 0.15) is 16.7 Å². The van der Waals surface area contributed by atoms with Gasteiger partial charge in [0, 0.05) is 17.8 Å². The summed E-state index contributed by atoms with van der Waals surface area (Å²) < 4.78 is 0. The Hall–Kier alpha value is -1.87. The third-order valence-corrected chi connectivity index (χ3v) is 3.82. The molecule has 96 valence electrons. The lowest BCUT2D eigenvalue weighted by Gasteiger charge is -2.23. The van der Waals surface area contributed by atoms with E-state index in [-0.39, 0.29) is 0 Å². The van der Waals surface area contributed by atoms with Crippen molar-refractivity contribution in [3.05, 3.63) is 59.2 Å². The van der Waals surface area contributed by atoms with E-state index in [0.717, 1.165) is 24.2 Å². The molecule has 2 aromatic carbocycles. The maximum absolute atomic E-state index is 5.86. The highest BCUT2D eigenvalue weighted by Gasteiger charge is 2.22. The molecule has 2 nitrogen and oxygen atoms in total. The van der Waals surface area contributed by atoms with Crippen molar-refractivity contribution in [2.75, 3.05) is 11.4 Å². The van der Waals surface area contributed by atoms with Crippen LogP contribution in [0.5, 0.6) is 0 Å². The molecule has 1 aliphatic rings. The summed E-state index contributed by atoms with van der Waals surface area (Å²) in [5.41, 5.74) is 11.8. The summed E-state index contributed by atoms with van der Waals surface area (Å²) in [6.45, 7) is 3.08. The van der Waals surface area contributed by atoms with Gasteiger partial charge >= 0.3 is 0 Å². The number of para-hydroxylation sites is 1. The van der Waals surface area contributed by atoms with Crippen LogP contribution in [0.25, 0.3) is 0 Å². The number of nitrogens with zero attached hydrogens (tertiary/aromatic N) is 1. The lowest BCUT2D eigenvalue weighted by atomic mass is 10.1. The van der Waals surface area contributed by atoms with Crippen molar-refractivity contribution in [2.45, 2.75) is 13.3 Å². The number of aryl methyl sites for hydroxylation is 1. The Balaban J connectivity index is 2.13. The van der Waals surface area contributed by atoms with Crippen molar-refractivity contribution in [1.82, 2.24) is 0 Å². The molecule has 2 aromatic rings. The van der Waals surface area contributed by atoms with Gasteiger partial charge in [-0.2, -0.15) is 0 Å². The van der Waals surface area contributed by atoms with E-state index in [4.69, 9.17) is 18.0 Å². The molecule has 0 spiro atoms.